The first-order chi connectivity index (χ1) is 8.72. The second-order valence-electron chi connectivity index (χ2n) is 4.29. The Bertz CT molecular complexity index is 538. The minimum Gasteiger partial charge on any atom is -0.313 e. The van der Waals surface area contributed by atoms with Crippen LogP contribution in [0.25, 0.3) is 11.1 Å². The van der Waals surface area contributed by atoms with Gasteiger partial charge in [-0.25, -0.2) is 0 Å². The molecular weight excluding hydrogens is 244 g/mol. The number of halogens is 1. The Morgan fingerprint density at radius 2 is 2.06 bits per heavy atom. The fourth-order valence-corrected chi connectivity index (χ4v) is 2.24. The van der Waals surface area contributed by atoms with Gasteiger partial charge in [0.15, 0.2) is 0 Å². The average Bonchev–Trinajstić information content (AvgIpc) is 2.38. The molecule has 0 bridgehead atoms. The molecule has 1 aromatic carbocycles. The summed E-state index contributed by atoms with van der Waals surface area (Å²) in [6.45, 7) is 5.95. The van der Waals surface area contributed by atoms with Crippen LogP contribution in [0.2, 0.25) is 5.02 Å². The molecule has 2 nitrogen and oxygen atoms in total. The van der Waals surface area contributed by atoms with E-state index in [4.69, 9.17) is 11.6 Å². The lowest BCUT2D eigenvalue weighted by molar-refractivity contribution is 0.727. The third kappa shape index (κ3) is 2.89. The van der Waals surface area contributed by atoms with Gasteiger partial charge in [-0.15, -0.1) is 0 Å². The number of nitrogens with zero attached hydrogens (tertiary/aromatic N) is 1. The van der Waals surface area contributed by atoms with E-state index in [0.29, 0.717) is 0 Å². The van der Waals surface area contributed by atoms with E-state index in [1.807, 2.05) is 25.3 Å². The standard InChI is InChI=1S/C15H17ClN2/c1-3-17-10-12-4-5-14(15(16)8-12)13-6-7-18-9-11(13)2/h4-9,17H,3,10H2,1-2H3. The van der Waals surface area contributed by atoms with Crippen LogP contribution in [0.4, 0.5) is 0 Å². The van der Waals surface area contributed by atoms with Crippen LogP contribution < -0.4 is 5.32 Å². The molecule has 0 unspecified atom stereocenters. The summed E-state index contributed by atoms with van der Waals surface area (Å²) >= 11 is 6.37. The lowest BCUT2D eigenvalue weighted by Gasteiger charge is -2.09. The summed E-state index contributed by atoms with van der Waals surface area (Å²) in [5, 5.41) is 4.09. The SMILES string of the molecule is CCNCc1ccc(-c2ccncc2C)c(Cl)c1. The van der Waals surface area contributed by atoms with Crippen molar-refractivity contribution < 1.29 is 0 Å². The van der Waals surface area contributed by atoms with Gasteiger partial charge in [-0.05, 0) is 42.3 Å². The molecule has 0 saturated carbocycles. The van der Waals surface area contributed by atoms with Gasteiger partial charge in [0.2, 0.25) is 0 Å². The normalized spacial score (nSPS) is 10.6. The molecule has 0 spiro atoms. The van der Waals surface area contributed by atoms with E-state index < -0.39 is 0 Å². The average molecular weight is 261 g/mol. The van der Waals surface area contributed by atoms with Crippen LogP contribution in [0, 0.1) is 6.92 Å². The molecule has 18 heavy (non-hydrogen) atoms. The van der Waals surface area contributed by atoms with Crippen LogP contribution in [0.15, 0.2) is 36.7 Å². The van der Waals surface area contributed by atoms with E-state index >= 15 is 0 Å². The van der Waals surface area contributed by atoms with Gasteiger partial charge < -0.3 is 5.32 Å². The first-order valence-electron chi connectivity index (χ1n) is 6.12. The zero-order chi connectivity index (χ0) is 13.0. The third-order valence-electron chi connectivity index (χ3n) is 2.92. The quantitative estimate of drug-likeness (QED) is 0.904. The van der Waals surface area contributed by atoms with Gasteiger partial charge in [0.25, 0.3) is 0 Å². The number of benzene rings is 1. The Morgan fingerprint density at radius 1 is 1.22 bits per heavy atom. The Kier molecular flexibility index (Phi) is 4.34. The fourth-order valence-electron chi connectivity index (χ4n) is 1.93. The molecule has 0 atom stereocenters. The Hall–Kier alpha value is -1.38. The highest BCUT2D eigenvalue weighted by atomic mass is 35.5. The highest BCUT2D eigenvalue weighted by Crippen LogP contribution is 2.30. The summed E-state index contributed by atoms with van der Waals surface area (Å²) in [4.78, 5) is 4.11. The molecule has 0 aliphatic heterocycles. The molecule has 2 aromatic rings. The zero-order valence-corrected chi connectivity index (χ0v) is 11.5. The molecule has 2 rings (SSSR count). The number of pyridine rings is 1. The summed E-state index contributed by atoms with van der Waals surface area (Å²) in [7, 11) is 0. The van der Waals surface area contributed by atoms with Crippen LogP contribution in [0.1, 0.15) is 18.1 Å². The molecule has 1 aromatic heterocycles. The van der Waals surface area contributed by atoms with E-state index in [1.54, 1.807) is 6.20 Å². The van der Waals surface area contributed by atoms with E-state index in [1.165, 1.54) is 5.56 Å². The smallest absolute Gasteiger partial charge is 0.0487 e. The van der Waals surface area contributed by atoms with E-state index in [-0.39, 0.29) is 0 Å². The summed E-state index contributed by atoms with van der Waals surface area (Å²) < 4.78 is 0. The Balaban J connectivity index is 2.33. The second-order valence-corrected chi connectivity index (χ2v) is 4.69. The maximum absolute atomic E-state index is 6.37. The second kappa shape index (κ2) is 5.98. The number of aryl methyl sites for hydroxylation is 1. The maximum atomic E-state index is 6.37. The van der Waals surface area contributed by atoms with Crippen molar-refractivity contribution in [2.24, 2.45) is 0 Å². The summed E-state index contributed by atoms with van der Waals surface area (Å²) in [6, 6.07) is 8.22. The van der Waals surface area contributed by atoms with Gasteiger partial charge in [-0.3, -0.25) is 4.98 Å². The number of nitrogens with one attached hydrogen (secondary N) is 1. The largest absolute Gasteiger partial charge is 0.313 e. The lowest BCUT2D eigenvalue weighted by atomic mass is 10.0. The summed E-state index contributed by atoms with van der Waals surface area (Å²) in [5.74, 6) is 0. The summed E-state index contributed by atoms with van der Waals surface area (Å²) in [6.07, 6.45) is 3.66. The molecule has 0 aliphatic carbocycles. The number of hydrogen-bond donors (Lipinski definition) is 1. The molecule has 1 N–H and O–H groups in total. The molecule has 0 saturated heterocycles. The van der Waals surface area contributed by atoms with Crippen LogP contribution in [-0.4, -0.2) is 11.5 Å². The van der Waals surface area contributed by atoms with E-state index in [0.717, 1.165) is 34.8 Å². The third-order valence-corrected chi connectivity index (χ3v) is 3.24. The molecule has 0 fully saturated rings. The number of rotatable bonds is 4. The van der Waals surface area contributed by atoms with Crippen molar-refractivity contribution in [3.8, 4) is 11.1 Å². The van der Waals surface area contributed by atoms with Crippen LogP contribution in [0.3, 0.4) is 0 Å². The van der Waals surface area contributed by atoms with Crippen molar-refractivity contribution in [2.75, 3.05) is 6.54 Å². The Morgan fingerprint density at radius 3 is 2.72 bits per heavy atom. The fraction of sp³-hybridized carbons (Fsp3) is 0.267. The van der Waals surface area contributed by atoms with Gasteiger partial charge in [0.05, 0.1) is 0 Å². The van der Waals surface area contributed by atoms with Crippen molar-refractivity contribution in [2.45, 2.75) is 20.4 Å². The molecule has 0 radical (unpaired) electrons. The first kappa shape index (κ1) is 13.1. The Labute approximate surface area is 113 Å². The topological polar surface area (TPSA) is 24.9 Å². The van der Waals surface area contributed by atoms with E-state index in [9.17, 15) is 0 Å². The van der Waals surface area contributed by atoms with Crippen LogP contribution >= 0.6 is 11.6 Å². The molecule has 3 heteroatoms. The van der Waals surface area contributed by atoms with Gasteiger partial charge in [-0.1, -0.05) is 30.7 Å². The minimum absolute atomic E-state index is 0.791. The predicted molar refractivity (Wildman–Crippen MR) is 76.8 cm³/mol. The van der Waals surface area contributed by atoms with Crippen molar-refractivity contribution >= 4 is 11.6 Å². The molecule has 0 aliphatic rings. The highest BCUT2D eigenvalue weighted by Gasteiger charge is 2.06. The molecular formula is C15H17ClN2. The van der Waals surface area contributed by atoms with Crippen molar-refractivity contribution in [3.05, 3.63) is 52.8 Å². The maximum Gasteiger partial charge on any atom is 0.0487 e. The van der Waals surface area contributed by atoms with Crippen LogP contribution in [0.5, 0.6) is 0 Å². The van der Waals surface area contributed by atoms with Crippen molar-refractivity contribution in [1.82, 2.24) is 10.3 Å². The van der Waals surface area contributed by atoms with E-state index in [2.05, 4.69) is 29.4 Å². The number of aromatic nitrogens is 1. The lowest BCUT2D eigenvalue weighted by Crippen LogP contribution is -2.11. The number of hydrogen-bond acceptors (Lipinski definition) is 2. The van der Waals surface area contributed by atoms with Crippen molar-refractivity contribution in [3.63, 3.8) is 0 Å². The van der Waals surface area contributed by atoms with Crippen LogP contribution in [-0.2, 0) is 6.54 Å². The zero-order valence-electron chi connectivity index (χ0n) is 10.7. The predicted octanol–water partition coefficient (Wildman–Crippen LogP) is 3.82. The molecule has 1 heterocycles. The first-order valence-corrected chi connectivity index (χ1v) is 6.50. The van der Waals surface area contributed by atoms with Gasteiger partial charge in [0.1, 0.15) is 0 Å². The van der Waals surface area contributed by atoms with Crippen molar-refractivity contribution in [1.29, 1.82) is 0 Å². The van der Waals surface area contributed by atoms with Gasteiger partial charge in [-0.2, -0.15) is 0 Å². The van der Waals surface area contributed by atoms with Gasteiger partial charge in [0, 0.05) is 29.5 Å². The molecule has 0 amide bonds. The molecule has 94 valence electrons. The van der Waals surface area contributed by atoms with Gasteiger partial charge >= 0.3 is 0 Å². The highest BCUT2D eigenvalue weighted by molar-refractivity contribution is 6.33. The monoisotopic (exact) mass is 260 g/mol. The minimum atomic E-state index is 0.791. The summed E-state index contributed by atoms with van der Waals surface area (Å²) in [5.41, 5.74) is 4.55.